The van der Waals surface area contributed by atoms with E-state index in [1.54, 1.807) is 37.8 Å². The molecule has 2 aliphatic rings. The summed E-state index contributed by atoms with van der Waals surface area (Å²) < 4.78 is 1.71. The van der Waals surface area contributed by atoms with Crippen molar-refractivity contribution in [3.63, 3.8) is 0 Å². The van der Waals surface area contributed by atoms with Gasteiger partial charge in [-0.3, -0.25) is 9.48 Å². The van der Waals surface area contributed by atoms with Gasteiger partial charge in [-0.05, 0) is 32.8 Å². The molecular formula is C27H37N9O2. The maximum absolute atomic E-state index is 11.8. The topological polar surface area (TPSA) is 116 Å². The number of rotatable bonds is 7. The van der Waals surface area contributed by atoms with E-state index in [1.165, 1.54) is 0 Å². The standard InChI is InChI=1S/C27H37N9O2/c1-19(37)34-10-7-27(8-11-34)17-35(18-27)24-13-23(30-22-12-21(33(4)5)6-9-28-22)31-25(32-24)20-14-29-36(15-20)16-26(2,3)38/h6,9,12-15,38H,7-8,10-11,16-18H2,1-5H3,(H,28,30,31,32). The number of piperidine rings is 1. The quantitative estimate of drug-likeness (QED) is 0.486. The summed E-state index contributed by atoms with van der Waals surface area (Å²) in [6.07, 6.45) is 7.39. The summed E-state index contributed by atoms with van der Waals surface area (Å²) in [7, 11) is 3.98. The molecule has 38 heavy (non-hydrogen) atoms. The lowest BCUT2D eigenvalue weighted by Gasteiger charge is -2.54. The molecule has 0 unspecified atom stereocenters. The van der Waals surface area contributed by atoms with E-state index in [2.05, 4.69) is 20.3 Å². The minimum absolute atomic E-state index is 0.157. The maximum atomic E-state index is 11.8. The minimum Gasteiger partial charge on any atom is -0.389 e. The van der Waals surface area contributed by atoms with Gasteiger partial charge in [0.15, 0.2) is 5.82 Å². The third-order valence-corrected chi connectivity index (χ3v) is 7.32. The van der Waals surface area contributed by atoms with E-state index in [-0.39, 0.29) is 11.3 Å². The summed E-state index contributed by atoms with van der Waals surface area (Å²) in [5.41, 5.74) is 1.15. The van der Waals surface area contributed by atoms with Gasteiger partial charge in [-0.2, -0.15) is 5.10 Å². The van der Waals surface area contributed by atoms with E-state index in [9.17, 15) is 9.90 Å². The molecule has 5 heterocycles. The molecule has 3 aromatic heterocycles. The minimum atomic E-state index is -0.883. The Kier molecular flexibility index (Phi) is 6.72. The summed E-state index contributed by atoms with van der Waals surface area (Å²) >= 11 is 0. The van der Waals surface area contributed by atoms with Gasteiger partial charge in [0.1, 0.15) is 17.5 Å². The summed E-state index contributed by atoms with van der Waals surface area (Å²) in [4.78, 5) is 32.2. The van der Waals surface area contributed by atoms with Gasteiger partial charge in [0.05, 0.1) is 23.9 Å². The van der Waals surface area contributed by atoms with Gasteiger partial charge in [0, 0.05) is 82.8 Å². The first-order valence-corrected chi connectivity index (χ1v) is 13.0. The third-order valence-electron chi connectivity index (χ3n) is 7.32. The molecule has 2 fully saturated rings. The fraction of sp³-hybridized carbons (Fsp3) is 0.519. The Labute approximate surface area is 223 Å². The van der Waals surface area contributed by atoms with Gasteiger partial charge in [0.25, 0.3) is 0 Å². The van der Waals surface area contributed by atoms with Crippen molar-refractivity contribution >= 4 is 29.0 Å². The molecule has 1 amide bonds. The lowest BCUT2D eigenvalue weighted by atomic mass is 9.72. The van der Waals surface area contributed by atoms with Crippen molar-refractivity contribution in [1.29, 1.82) is 0 Å². The van der Waals surface area contributed by atoms with Gasteiger partial charge < -0.3 is 25.1 Å². The highest BCUT2D eigenvalue weighted by molar-refractivity contribution is 5.73. The van der Waals surface area contributed by atoms with Crippen LogP contribution < -0.4 is 15.1 Å². The van der Waals surface area contributed by atoms with Crippen LogP contribution in [-0.2, 0) is 11.3 Å². The Morgan fingerprint density at radius 3 is 2.55 bits per heavy atom. The number of carbonyl (C=O) groups excluding carboxylic acids is 1. The zero-order valence-electron chi connectivity index (χ0n) is 22.8. The molecule has 1 spiro atoms. The number of amides is 1. The van der Waals surface area contributed by atoms with Crippen LogP contribution in [0, 0.1) is 5.41 Å². The monoisotopic (exact) mass is 519 g/mol. The molecule has 0 bridgehead atoms. The molecule has 202 valence electrons. The Morgan fingerprint density at radius 2 is 1.89 bits per heavy atom. The SMILES string of the molecule is CC(=O)N1CCC2(CC1)CN(c1cc(Nc3cc(N(C)C)ccn3)nc(-c3cnn(CC(C)(C)O)c3)n1)C2. The number of likely N-dealkylation sites (tertiary alicyclic amines) is 1. The normalized spacial score (nSPS) is 16.9. The van der Waals surface area contributed by atoms with Crippen molar-refractivity contribution in [2.45, 2.75) is 45.8 Å². The van der Waals surface area contributed by atoms with E-state index >= 15 is 0 Å². The Bertz CT molecular complexity index is 1300. The van der Waals surface area contributed by atoms with E-state index in [1.807, 2.05) is 48.3 Å². The molecule has 2 N–H and O–H groups in total. The molecule has 0 aromatic carbocycles. The molecule has 11 nitrogen and oxygen atoms in total. The molecule has 2 saturated heterocycles. The smallest absolute Gasteiger partial charge is 0.219 e. The summed E-state index contributed by atoms with van der Waals surface area (Å²) in [6, 6.07) is 5.90. The molecule has 0 atom stereocenters. The van der Waals surface area contributed by atoms with Crippen LogP contribution in [0.2, 0.25) is 0 Å². The third kappa shape index (κ3) is 5.72. The molecule has 0 aliphatic carbocycles. The second-order valence-electron chi connectivity index (χ2n) is 11.5. The number of anilines is 4. The number of hydrogen-bond donors (Lipinski definition) is 2. The fourth-order valence-electron chi connectivity index (χ4n) is 5.19. The lowest BCUT2D eigenvalue weighted by Crippen LogP contribution is -2.61. The Hall–Kier alpha value is -3.73. The number of carbonyl (C=O) groups is 1. The van der Waals surface area contributed by atoms with E-state index in [4.69, 9.17) is 9.97 Å². The van der Waals surface area contributed by atoms with Crippen molar-refractivity contribution in [2.75, 3.05) is 55.4 Å². The lowest BCUT2D eigenvalue weighted by molar-refractivity contribution is -0.131. The van der Waals surface area contributed by atoms with Gasteiger partial charge >= 0.3 is 0 Å². The van der Waals surface area contributed by atoms with Crippen LogP contribution in [0.15, 0.2) is 36.8 Å². The molecule has 0 saturated carbocycles. The maximum Gasteiger partial charge on any atom is 0.219 e. The number of pyridine rings is 1. The molecule has 3 aromatic rings. The highest BCUT2D eigenvalue weighted by atomic mass is 16.3. The van der Waals surface area contributed by atoms with E-state index in [0.29, 0.717) is 24.0 Å². The van der Waals surface area contributed by atoms with Crippen molar-refractivity contribution in [3.05, 3.63) is 36.8 Å². The van der Waals surface area contributed by atoms with Gasteiger partial charge in [-0.15, -0.1) is 0 Å². The first-order valence-electron chi connectivity index (χ1n) is 13.0. The summed E-state index contributed by atoms with van der Waals surface area (Å²) in [5, 5.41) is 18.0. The first kappa shape index (κ1) is 25.9. The fourth-order valence-corrected chi connectivity index (χ4v) is 5.19. The highest BCUT2D eigenvalue weighted by Crippen LogP contribution is 2.42. The van der Waals surface area contributed by atoms with Crippen LogP contribution in [0.3, 0.4) is 0 Å². The molecule has 5 rings (SSSR count). The van der Waals surface area contributed by atoms with E-state index < -0.39 is 5.60 Å². The average molecular weight is 520 g/mol. The average Bonchev–Trinajstić information content (AvgIpc) is 3.29. The van der Waals surface area contributed by atoms with Crippen LogP contribution in [0.4, 0.5) is 23.1 Å². The van der Waals surface area contributed by atoms with Crippen molar-refractivity contribution < 1.29 is 9.90 Å². The van der Waals surface area contributed by atoms with Crippen LogP contribution in [-0.4, -0.2) is 86.5 Å². The summed E-state index contributed by atoms with van der Waals surface area (Å²) in [5.74, 6) is 2.90. The van der Waals surface area contributed by atoms with E-state index in [0.717, 1.165) is 56.1 Å². The Balaban J connectivity index is 1.41. The number of aromatic nitrogens is 5. The van der Waals surface area contributed by atoms with Crippen molar-refractivity contribution in [2.24, 2.45) is 5.41 Å². The number of nitrogens with one attached hydrogen (secondary N) is 1. The largest absolute Gasteiger partial charge is 0.389 e. The van der Waals surface area contributed by atoms with Crippen LogP contribution in [0.5, 0.6) is 0 Å². The molecular weight excluding hydrogens is 482 g/mol. The second-order valence-corrected chi connectivity index (χ2v) is 11.5. The zero-order valence-corrected chi connectivity index (χ0v) is 22.8. The summed E-state index contributed by atoms with van der Waals surface area (Å²) in [6.45, 7) is 8.96. The van der Waals surface area contributed by atoms with Crippen LogP contribution in [0.1, 0.15) is 33.6 Å². The van der Waals surface area contributed by atoms with Gasteiger partial charge in [0.2, 0.25) is 5.91 Å². The van der Waals surface area contributed by atoms with Crippen LogP contribution in [0.25, 0.3) is 11.4 Å². The number of aliphatic hydroxyl groups is 1. The predicted molar refractivity (Wildman–Crippen MR) is 148 cm³/mol. The Morgan fingerprint density at radius 1 is 1.16 bits per heavy atom. The molecule has 11 heteroatoms. The van der Waals surface area contributed by atoms with Crippen LogP contribution >= 0.6 is 0 Å². The second kappa shape index (κ2) is 9.86. The van der Waals surface area contributed by atoms with Gasteiger partial charge in [-0.25, -0.2) is 15.0 Å². The molecule has 0 radical (unpaired) electrons. The highest BCUT2D eigenvalue weighted by Gasteiger charge is 2.45. The first-order chi connectivity index (χ1) is 18.0. The van der Waals surface area contributed by atoms with Gasteiger partial charge in [-0.1, -0.05) is 0 Å². The van der Waals surface area contributed by atoms with Crippen molar-refractivity contribution in [1.82, 2.24) is 29.6 Å². The molecule has 2 aliphatic heterocycles. The number of hydrogen-bond acceptors (Lipinski definition) is 9. The number of nitrogens with zero attached hydrogens (tertiary/aromatic N) is 8. The van der Waals surface area contributed by atoms with Crippen molar-refractivity contribution in [3.8, 4) is 11.4 Å². The zero-order chi connectivity index (χ0) is 27.1. The predicted octanol–water partition coefficient (Wildman–Crippen LogP) is 2.76.